The number of hydrogen-bond donors (Lipinski definition) is 2. The molecule has 1 amide bonds. The van der Waals surface area contributed by atoms with E-state index >= 15 is 0 Å². The highest BCUT2D eigenvalue weighted by Crippen LogP contribution is 2.27. The minimum absolute atomic E-state index is 0.0410. The van der Waals surface area contributed by atoms with Gasteiger partial charge in [-0.2, -0.15) is 0 Å². The second kappa shape index (κ2) is 7.44. The Balaban J connectivity index is 1.88. The molecule has 0 saturated heterocycles. The summed E-state index contributed by atoms with van der Waals surface area (Å²) in [5.74, 6) is -1.02. The summed E-state index contributed by atoms with van der Waals surface area (Å²) in [6.45, 7) is 2.67. The van der Waals surface area contributed by atoms with Crippen LogP contribution in [0.25, 0.3) is 0 Å². The number of nitrogens with zero attached hydrogens (tertiary/aromatic N) is 1. The summed E-state index contributed by atoms with van der Waals surface area (Å²) in [5, 5.41) is 12.2. The lowest BCUT2D eigenvalue weighted by atomic mass is 9.85. The van der Waals surface area contributed by atoms with Crippen LogP contribution < -0.4 is 5.32 Å². The lowest BCUT2D eigenvalue weighted by Crippen LogP contribution is -2.54. The second-order valence-corrected chi connectivity index (χ2v) is 6.70. The molecule has 0 atom stereocenters. The van der Waals surface area contributed by atoms with Gasteiger partial charge in [0.1, 0.15) is 0 Å². The molecular formula is C15H18BrClN2O3. The first-order valence-electron chi connectivity index (χ1n) is 7.12. The Labute approximate surface area is 142 Å². The van der Waals surface area contributed by atoms with E-state index in [1.165, 1.54) is 0 Å². The predicted molar refractivity (Wildman–Crippen MR) is 88.3 cm³/mol. The molecule has 1 aliphatic carbocycles. The summed E-state index contributed by atoms with van der Waals surface area (Å²) >= 11 is 9.36. The van der Waals surface area contributed by atoms with Crippen LogP contribution in [0.15, 0.2) is 22.7 Å². The van der Waals surface area contributed by atoms with Gasteiger partial charge in [-0.3, -0.25) is 14.5 Å². The van der Waals surface area contributed by atoms with Gasteiger partial charge in [0.25, 0.3) is 5.91 Å². The van der Waals surface area contributed by atoms with E-state index in [-0.39, 0.29) is 24.5 Å². The van der Waals surface area contributed by atoms with Crippen LogP contribution in [0.3, 0.4) is 0 Å². The third-order valence-electron chi connectivity index (χ3n) is 3.88. The third kappa shape index (κ3) is 4.21. The van der Waals surface area contributed by atoms with Gasteiger partial charge >= 0.3 is 5.97 Å². The minimum Gasteiger partial charge on any atom is -0.480 e. The molecule has 22 heavy (non-hydrogen) atoms. The highest BCUT2D eigenvalue weighted by molar-refractivity contribution is 9.10. The second-order valence-electron chi connectivity index (χ2n) is 5.38. The number of hydrogen-bond acceptors (Lipinski definition) is 3. The van der Waals surface area contributed by atoms with Crippen LogP contribution in [-0.2, 0) is 4.79 Å². The molecular weight excluding hydrogens is 372 g/mol. The summed E-state index contributed by atoms with van der Waals surface area (Å²) in [7, 11) is 0. The fourth-order valence-electron chi connectivity index (χ4n) is 2.61. The summed E-state index contributed by atoms with van der Waals surface area (Å²) in [5.41, 5.74) is 0.442. The van der Waals surface area contributed by atoms with Gasteiger partial charge < -0.3 is 10.4 Å². The monoisotopic (exact) mass is 388 g/mol. The number of nitrogens with one attached hydrogen (secondary N) is 1. The van der Waals surface area contributed by atoms with Gasteiger partial charge in [0, 0.05) is 16.6 Å². The zero-order chi connectivity index (χ0) is 16.3. The van der Waals surface area contributed by atoms with Crippen LogP contribution in [0.4, 0.5) is 0 Å². The molecule has 1 fully saturated rings. The molecule has 0 heterocycles. The Morgan fingerprint density at radius 1 is 1.45 bits per heavy atom. The number of aliphatic carboxylic acids is 1. The number of likely N-dealkylation sites (N-methyl/N-ethyl adjacent to an activating group) is 1. The number of carboxylic acid groups (broad SMARTS) is 1. The van der Waals surface area contributed by atoms with Gasteiger partial charge in [-0.15, -0.1) is 0 Å². The Hall–Kier alpha value is -1.11. The van der Waals surface area contributed by atoms with Crippen LogP contribution in [0.1, 0.15) is 30.1 Å². The highest BCUT2D eigenvalue weighted by atomic mass is 79.9. The molecule has 0 bridgehead atoms. The Morgan fingerprint density at radius 2 is 2.14 bits per heavy atom. The average molecular weight is 390 g/mol. The SMILES string of the molecule is CCN(CC(=O)O)C1CC(NC(=O)c2cc(Br)ccc2Cl)C1. The zero-order valence-electron chi connectivity index (χ0n) is 12.2. The first kappa shape index (κ1) is 17.2. The Bertz CT molecular complexity index is 576. The van der Waals surface area contributed by atoms with Crippen LogP contribution >= 0.6 is 27.5 Å². The number of carboxylic acids is 1. The fraction of sp³-hybridized carbons (Fsp3) is 0.467. The van der Waals surface area contributed by atoms with Crippen molar-refractivity contribution in [2.75, 3.05) is 13.1 Å². The van der Waals surface area contributed by atoms with Crippen molar-refractivity contribution in [1.82, 2.24) is 10.2 Å². The van der Waals surface area contributed by atoms with Crippen molar-refractivity contribution in [3.8, 4) is 0 Å². The van der Waals surface area contributed by atoms with E-state index in [1.807, 2.05) is 11.8 Å². The fourth-order valence-corrected chi connectivity index (χ4v) is 3.18. The van der Waals surface area contributed by atoms with E-state index in [4.69, 9.17) is 16.7 Å². The maximum atomic E-state index is 12.2. The van der Waals surface area contributed by atoms with E-state index < -0.39 is 5.97 Å². The standard InChI is InChI=1S/C15H18BrClN2O3/c1-2-19(8-14(20)21)11-6-10(7-11)18-15(22)12-5-9(16)3-4-13(12)17/h3-5,10-11H,2,6-8H2,1H3,(H,18,22)(H,20,21). The summed E-state index contributed by atoms with van der Waals surface area (Å²) in [6.07, 6.45) is 1.52. The maximum absolute atomic E-state index is 12.2. The van der Waals surface area contributed by atoms with Crippen molar-refractivity contribution in [1.29, 1.82) is 0 Å². The average Bonchev–Trinajstić information content (AvgIpc) is 2.42. The molecule has 1 aromatic rings. The van der Waals surface area contributed by atoms with E-state index in [0.29, 0.717) is 17.1 Å². The third-order valence-corrected chi connectivity index (χ3v) is 4.71. The van der Waals surface area contributed by atoms with Crippen LogP contribution in [0.5, 0.6) is 0 Å². The van der Waals surface area contributed by atoms with Crippen molar-refractivity contribution in [3.05, 3.63) is 33.3 Å². The Morgan fingerprint density at radius 3 is 2.73 bits per heavy atom. The van der Waals surface area contributed by atoms with Gasteiger partial charge in [-0.05, 0) is 37.6 Å². The van der Waals surface area contributed by atoms with Crippen molar-refractivity contribution >= 4 is 39.4 Å². The van der Waals surface area contributed by atoms with Gasteiger partial charge in [0.15, 0.2) is 0 Å². The molecule has 5 nitrogen and oxygen atoms in total. The normalized spacial score (nSPS) is 20.5. The Kier molecular flexibility index (Phi) is 5.83. The van der Waals surface area contributed by atoms with Gasteiger partial charge in [0.2, 0.25) is 0 Å². The number of amides is 1. The lowest BCUT2D eigenvalue weighted by molar-refractivity contribution is -0.139. The molecule has 0 spiro atoms. The molecule has 0 radical (unpaired) electrons. The molecule has 1 aliphatic rings. The lowest BCUT2D eigenvalue weighted by Gasteiger charge is -2.42. The largest absolute Gasteiger partial charge is 0.480 e. The molecule has 7 heteroatoms. The van der Waals surface area contributed by atoms with E-state index in [9.17, 15) is 9.59 Å². The zero-order valence-corrected chi connectivity index (χ0v) is 14.5. The maximum Gasteiger partial charge on any atom is 0.317 e. The highest BCUT2D eigenvalue weighted by Gasteiger charge is 2.34. The number of carbonyl (C=O) groups excluding carboxylic acids is 1. The molecule has 1 aromatic carbocycles. The van der Waals surface area contributed by atoms with Crippen molar-refractivity contribution in [2.24, 2.45) is 0 Å². The van der Waals surface area contributed by atoms with Crippen LogP contribution in [0.2, 0.25) is 5.02 Å². The van der Waals surface area contributed by atoms with Gasteiger partial charge in [-0.25, -0.2) is 0 Å². The van der Waals surface area contributed by atoms with Crippen molar-refractivity contribution in [3.63, 3.8) is 0 Å². The van der Waals surface area contributed by atoms with E-state index in [2.05, 4.69) is 21.2 Å². The number of rotatable bonds is 6. The molecule has 120 valence electrons. The molecule has 0 unspecified atom stereocenters. The van der Waals surface area contributed by atoms with E-state index in [0.717, 1.165) is 17.3 Å². The molecule has 1 saturated carbocycles. The molecule has 2 N–H and O–H groups in total. The topological polar surface area (TPSA) is 69.6 Å². The molecule has 0 aliphatic heterocycles. The first-order chi connectivity index (χ1) is 10.4. The van der Waals surface area contributed by atoms with Crippen LogP contribution in [-0.4, -0.2) is 47.1 Å². The number of halogens is 2. The van der Waals surface area contributed by atoms with Crippen LogP contribution in [0, 0.1) is 0 Å². The summed E-state index contributed by atoms with van der Waals surface area (Å²) in [4.78, 5) is 24.9. The number of carbonyl (C=O) groups is 2. The first-order valence-corrected chi connectivity index (χ1v) is 8.29. The van der Waals surface area contributed by atoms with Crippen molar-refractivity contribution < 1.29 is 14.7 Å². The smallest absolute Gasteiger partial charge is 0.317 e. The van der Waals surface area contributed by atoms with Gasteiger partial charge in [0.05, 0.1) is 17.1 Å². The number of benzene rings is 1. The van der Waals surface area contributed by atoms with Gasteiger partial charge in [-0.1, -0.05) is 34.5 Å². The summed E-state index contributed by atoms with van der Waals surface area (Å²) in [6, 6.07) is 5.43. The predicted octanol–water partition coefficient (Wildman–Crippen LogP) is 2.77. The quantitative estimate of drug-likeness (QED) is 0.785. The minimum atomic E-state index is -0.824. The molecule has 2 rings (SSSR count). The van der Waals surface area contributed by atoms with Crippen molar-refractivity contribution in [2.45, 2.75) is 31.8 Å². The van der Waals surface area contributed by atoms with E-state index in [1.54, 1.807) is 18.2 Å². The molecule has 0 aromatic heterocycles. The summed E-state index contributed by atoms with van der Waals surface area (Å²) < 4.78 is 0.798.